The number of ether oxygens (including phenoxy) is 1. The van der Waals surface area contributed by atoms with Gasteiger partial charge in [-0.05, 0) is 62.3 Å². The van der Waals surface area contributed by atoms with Crippen LogP contribution in [0.4, 0.5) is 13.2 Å². The SMILES string of the molecule is Cn1nc(C(F)(F)F)cc1-c1c2c(nn1C)[C@@H]1CCC[C@H](C2)N1C(=O)c1ccc2c(c1)OCCC2. The number of aryl methyl sites for hydroxylation is 3. The number of amides is 1. The predicted octanol–water partition coefficient (Wildman–Crippen LogP) is 4.46. The summed E-state index contributed by atoms with van der Waals surface area (Å²) in [7, 11) is 3.26. The zero-order valence-electron chi connectivity index (χ0n) is 19.6. The van der Waals surface area contributed by atoms with Crippen LogP contribution in [0.2, 0.25) is 0 Å². The zero-order chi connectivity index (χ0) is 24.5. The van der Waals surface area contributed by atoms with Crippen molar-refractivity contribution in [3.8, 4) is 17.1 Å². The van der Waals surface area contributed by atoms with Crippen LogP contribution in [-0.2, 0) is 33.1 Å². The average Bonchev–Trinajstić information content (AvgIpc) is 3.36. The first-order valence-corrected chi connectivity index (χ1v) is 12.0. The van der Waals surface area contributed by atoms with Crippen LogP contribution in [0.1, 0.15) is 64.6 Å². The summed E-state index contributed by atoms with van der Waals surface area (Å²) in [6.45, 7) is 0.656. The molecule has 1 fully saturated rings. The molecule has 0 aliphatic carbocycles. The highest BCUT2D eigenvalue weighted by molar-refractivity contribution is 5.95. The van der Waals surface area contributed by atoms with Gasteiger partial charge in [-0.25, -0.2) is 0 Å². The van der Waals surface area contributed by atoms with Gasteiger partial charge in [0.2, 0.25) is 0 Å². The van der Waals surface area contributed by atoms with E-state index < -0.39 is 11.9 Å². The van der Waals surface area contributed by atoms with Crippen molar-refractivity contribution in [2.24, 2.45) is 14.1 Å². The fourth-order valence-corrected chi connectivity index (χ4v) is 5.92. The number of benzene rings is 1. The van der Waals surface area contributed by atoms with Crippen LogP contribution in [0.15, 0.2) is 24.3 Å². The van der Waals surface area contributed by atoms with Gasteiger partial charge >= 0.3 is 6.18 Å². The molecule has 35 heavy (non-hydrogen) atoms. The number of rotatable bonds is 2. The minimum Gasteiger partial charge on any atom is -0.493 e. The van der Waals surface area contributed by atoms with Crippen molar-refractivity contribution in [1.82, 2.24) is 24.5 Å². The minimum atomic E-state index is -4.52. The third-order valence-corrected chi connectivity index (χ3v) is 7.49. The van der Waals surface area contributed by atoms with Crippen LogP contribution in [0, 0.1) is 0 Å². The van der Waals surface area contributed by atoms with Gasteiger partial charge in [0, 0.05) is 31.3 Å². The third kappa shape index (κ3) is 3.52. The van der Waals surface area contributed by atoms with E-state index in [1.807, 2.05) is 23.1 Å². The third-order valence-electron chi connectivity index (χ3n) is 7.49. The Morgan fingerprint density at radius 1 is 1.09 bits per heavy atom. The van der Waals surface area contributed by atoms with Gasteiger partial charge in [-0.1, -0.05) is 6.07 Å². The monoisotopic (exact) mass is 485 g/mol. The topological polar surface area (TPSA) is 65.2 Å². The molecule has 1 aromatic carbocycles. The molecule has 10 heteroatoms. The van der Waals surface area contributed by atoms with Gasteiger partial charge in [0.05, 0.1) is 29.7 Å². The molecule has 2 aromatic heterocycles. The Kier molecular flexibility index (Phi) is 4.98. The van der Waals surface area contributed by atoms with Gasteiger partial charge in [-0.15, -0.1) is 0 Å². The lowest BCUT2D eigenvalue weighted by atomic mass is 9.81. The normalized spacial score (nSPS) is 21.3. The molecule has 1 saturated heterocycles. The first kappa shape index (κ1) is 22.2. The van der Waals surface area contributed by atoms with E-state index in [9.17, 15) is 18.0 Å². The van der Waals surface area contributed by atoms with E-state index in [1.54, 1.807) is 11.7 Å². The van der Waals surface area contributed by atoms with Crippen LogP contribution in [0.3, 0.4) is 0 Å². The number of carbonyl (C=O) groups excluding carboxylic acids is 1. The number of hydrogen-bond donors (Lipinski definition) is 0. The van der Waals surface area contributed by atoms with Crippen LogP contribution < -0.4 is 4.74 Å². The van der Waals surface area contributed by atoms with Crippen molar-refractivity contribution in [2.75, 3.05) is 6.61 Å². The molecule has 0 unspecified atom stereocenters. The molecular formula is C25H26F3N5O2. The number of aromatic nitrogens is 4. The Morgan fingerprint density at radius 3 is 2.69 bits per heavy atom. The molecule has 3 aliphatic heterocycles. The van der Waals surface area contributed by atoms with E-state index >= 15 is 0 Å². The summed E-state index contributed by atoms with van der Waals surface area (Å²) < 4.78 is 48.6. The summed E-state index contributed by atoms with van der Waals surface area (Å²) in [5.74, 6) is 0.733. The summed E-state index contributed by atoms with van der Waals surface area (Å²) in [6, 6.07) is 6.53. The lowest BCUT2D eigenvalue weighted by molar-refractivity contribution is -0.141. The molecule has 2 atom stereocenters. The molecule has 0 spiro atoms. The van der Waals surface area contributed by atoms with E-state index in [1.165, 1.54) is 11.7 Å². The van der Waals surface area contributed by atoms with E-state index in [4.69, 9.17) is 9.84 Å². The summed E-state index contributed by atoms with van der Waals surface area (Å²) in [6.07, 6.45) is 0.539. The maximum absolute atomic E-state index is 13.7. The molecule has 184 valence electrons. The lowest BCUT2D eigenvalue weighted by Crippen LogP contribution is -2.49. The van der Waals surface area contributed by atoms with Gasteiger partial charge in [-0.2, -0.15) is 23.4 Å². The maximum atomic E-state index is 13.7. The van der Waals surface area contributed by atoms with Crippen molar-refractivity contribution >= 4 is 5.91 Å². The molecule has 0 saturated carbocycles. The Balaban J connectivity index is 1.39. The molecule has 2 bridgehead atoms. The quantitative estimate of drug-likeness (QED) is 0.538. The van der Waals surface area contributed by atoms with Gasteiger partial charge in [0.1, 0.15) is 5.75 Å². The molecular weight excluding hydrogens is 459 g/mol. The summed E-state index contributed by atoms with van der Waals surface area (Å²) >= 11 is 0. The Hall–Kier alpha value is -3.30. The largest absolute Gasteiger partial charge is 0.493 e. The highest BCUT2D eigenvalue weighted by Crippen LogP contribution is 2.45. The van der Waals surface area contributed by atoms with E-state index in [0.717, 1.165) is 60.7 Å². The predicted molar refractivity (Wildman–Crippen MR) is 121 cm³/mol. The highest BCUT2D eigenvalue weighted by Gasteiger charge is 2.44. The standard InChI is InChI=1S/C25H26F3N5O2/c1-31-19(13-21(29-31)25(26,27)28)23-17-12-16-6-3-7-18(22(17)30-32(23)2)33(16)24(34)15-9-8-14-5-4-10-35-20(14)11-15/h8-9,11,13,16,18H,3-7,10,12H2,1-2H3/t16-,18+/m1/s1. The molecule has 3 aromatic rings. The molecule has 0 radical (unpaired) electrons. The van der Waals surface area contributed by atoms with E-state index in [2.05, 4.69) is 5.10 Å². The summed E-state index contributed by atoms with van der Waals surface area (Å²) in [4.78, 5) is 15.7. The first-order chi connectivity index (χ1) is 16.7. The molecule has 1 amide bonds. The van der Waals surface area contributed by atoms with Crippen LogP contribution in [-0.4, -0.2) is 43.0 Å². The number of hydrogen-bond acceptors (Lipinski definition) is 4. The summed E-state index contributed by atoms with van der Waals surface area (Å²) in [5.41, 5.74) is 3.50. The van der Waals surface area contributed by atoms with Crippen molar-refractivity contribution in [3.63, 3.8) is 0 Å². The van der Waals surface area contributed by atoms with Crippen LogP contribution in [0.5, 0.6) is 5.75 Å². The fraction of sp³-hybridized carbons (Fsp3) is 0.480. The van der Waals surface area contributed by atoms with E-state index in [-0.39, 0.29) is 18.0 Å². The zero-order valence-corrected chi connectivity index (χ0v) is 19.6. The maximum Gasteiger partial charge on any atom is 0.435 e. The average molecular weight is 486 g/mol. The van der Waals surface area contributed by atoms with Crippen LogP contribution >= 0.6 is 0 Å². The number of fused-ring (bicyclic) bond motifs is 5. The van der Waals surface area contributed by atoms with E-state index in [0.29, 0.717) is 30.0 Å². The van der Waals surface area contributed by atoms with Gasteiger partial charge in [-0.3, -0.25) is 14.2 Å². The van der Waals surface area contributed by atoms with Crippen LogP contribution in [0.25, 0.3) is 11.4 Å². The molecule has 5 heterocycles. The molecule has 6 rings (SSSR count). The van der Waals surface area contributed by atoms with Crippen molar-refractivity contribution in [3.05, 3.63) is 52.3 Å². The highest BCUT2D eigenvalue weighted by atomic mass is 19.4. The Labute approximate surface area is 200 Å². The van der Waals surface area contributed by atoms with Crippen molar-refractivity contribution in [2.45, 2.75) is 56.8 Å². The van der Waals surface area contributed by atoms with Gasteiger partial charge in [0.15, 0.2) is 5.69 Å². The Morgan fingerprint density at radius 2 is 1.91 bits per heavy atom. The smallest absolute Gasteiger partial charge is 0.435 e. The lowest BCUT2D eigenvalue weighted by Gasteiger charge is -2.45. The minimum absolute atomic E-state index is 0.0380. The molecule has 7 nitrogen and oxygen atoms in total. The Bertz CT molecular complexity index is 1330. The summed E-state index contributed by atoms with van der Waals surface area (Å²) in [5, 5.41) is 8.43. The fourth-order valence-electron chi connectivity index (χ4n) is 5.92. The number of halogens is 3. The second-order valence-corrected chi connectivity index (χ2v) is 9.66. The van der Waals surface area contributed by atoms with Crippen molar-refractivity contribution < 1.29 is 22.7 Å². The van der Waals surface area contributed by atoms with Crippen molar-refractivity contribution in [1.29, 1.82) is 0 Å². The van der Waals surface area contributed by atoms with Gasteiger partial charge < -0.3 is 9.64 Å². The number of piperidine rings is 1. The van der Waals surface area contributed by atoms with Gasteiger partial charge in [0.25, 0.3) is 5.91 Å². The molecule has 0 N–H and O–H groups in total. The number of alkyl halides is 3. The first-order valence-electron chi connectivity index (χ1n) is 12.0. The molecule has 3 aliphatic rings. The number of nitrogens with zero attached hydrogens (tertiary/aromatic N) is 5. The second-order valence-electron chi connectivity index (χ2n) is 9.66. The number of carbonyl (C=O) groups is 1. The second kappa shape index (κ2) is 7.86.